The van der Waals surface area contributed by atoms with Gasteiger partial charge in [0.1, 0.15) is 11.5 Å². The van der Waals surface area contributed by atoms with E-state index in [2.05, 4.69) is 10.3 Å². The number of carbonyl (C=O) groups excluding carboxylic acids is 1. The minimum absolute atomic E-state index is 0.0276. The van der Waals surface area contributed by atoms with Crippen molar-refractivity contribution in [2.75, 3.05) is 14.2 Å². The highest BCUT2D eigenvalue weighted by atomic mass is 16.5. The van der Waals surface area contributed by atoms with E-state index in [0.29, 0.717) is 13.0 Å². The molecule has 26 heavy (non-hydrogen) atoms. The number of methoxy groups -OCH3 is 2. The summed E-state index contributed by atoms with van der Waals surface area (Å²) in [5, 5.41) is 3.02. The van der Waals surface area contributed by atoms with Crippen molar-refractivity contribution in [2.45, 2.75) is 25.9 Å². The third-order valence-electron chi connectivity index (χ3n) is 4.39. The molecule has 1 N–H and O–H groups in total. The van der Waals surface area contributed by atoms with Gasteiger partial charge in [0.25, 0.3) is 0 Å². The van der Waals surface area contributed by atoms with Crippen LogP contribution in [0.25, 0.3) is 11.0 Å². The Morgan fingerprint density at radius 1 is 1.19 bits per heavy atom. The SMILES string of the molecule is COc1ccc(OC)c(C(C)NC(=O)CCn2cnc3ccccc32)c1. The van der Waals surface area contributed by atoms with Gasteiger partial charge in [0.2, 0.25) is 5.91 Å². The Balaban J connectivity index is 1.64. The van der Waals surface area contributed by atoms with Crippen molar-refractivity contribution >= 4 is 16.9 Å². The maximum absolute atomic E-state index is 12.4. The number of nitrogens with zero attached hydrogens (tertiary/aromatic N) is 2. The first-order chi connectivity index (χ1) is 12.6. The molecule has 0 aliphatic carbocycles. The van der Waals surface area contributed by atoms with E-state index >= 15 is 0 Å². The molecule has 6 nitrogen and oxygen atoms in total. The lowest BCUT2D eigenvalue weighted by Gasteiger charge is -2.18. The summed E-state index contributed by atoms with van der Waals surface area (Å²) in [5.41, 5.74) is 2.85. The van der Waals surface area contributed by atoms with E-state index in [-0.39, 0.29) is 11.9 Å². The first-order valence-electron chi connectivity index (χ1n) is 8.53. The maximum atomic E-state index is 12.4. The molecule has 1 atom stereocenters. The number of benzene rings is 2. The molecule has 3 aromatic rings. The molecule has 0 aliphatic heterocycles. The normalized spacial score (nSPS) is 12.0. The third kappa shape index (κ3) is 3.79. The second-order valence-electron chi connectivity index (χ2n) is 6.07. The quantitative estimate of drug-likeness (QED) is 0.708. The summed E-state index contributed by atoms with van der Waals surface area (Å²) in [4.78, 5) is 16.7. The number of fused-ring (bicyclic) bond motifs is 1. The summed E-state index contributed by atoms with van der Waals surface area (Å²) in [6, 6.07) is 13.3. The van der Waals surface area contributed by atoms with E-state index in [1.54, 1.807) is 20.5 Å². The standard InChI is InChI=1S/C20H23N3O3/c1-14(16-12-15(25-2)8-9-19(16)26-3)22-20(24)10-11-23-13-21-17-6-4-5-7-18(17)23/h4-9,12-14H,10-11H2,1-3H3,(H,22,24). The number of hydrogen-bond donors (Lipinski definition) is 1. The Kier molecular flexibility index (Phi) is 5.41. The molecule has 1 amide bonds. The lowest BCUT2D eigenvalue weighted by atomic mass is 10.1. The molecule has 1 unspecified atom stereocenters. The van der Waals surface area contributed by atoms with Crippen LogP contribution < -0.4 is 14.8 Å². The summed E-state index contributed by atoms with van der Waals surface area (Å²) >= 11 is 0. The van der Waals surface area contributed by atoms with Crippen LogP contribution >= 0.6 is 0 Å². The topological polar surface area (TPSA) is 65.4 Å². The molecule has 0 aliphatic rings. The Morgan fingerprint density at radius 2 is 2.00 bits per heavy atom. The second-order valence-corrected chi connectivity index (χ2v) is 6.07. The van der Waals surface area contributed by atoms with E-state index in [9.17, 15) is 4.79 Å². The van der Waals surface area contributed by atoms with Crippen molar-refractivity contribution in [1.82, 2.24) is 14.9 Å². The highest BCUT2D eigenvalue weighted by Gasteiger charge is 2.15. The molecule has 2 aromatic carbocycles. The van der Waals surface area contributed by atoms with Crippen LogP contribution in [0.2, 0.25) is 0 Å². The predicted molar refractivity (Wildman–Crippen MR) is 100 cm³/mol. The van der Waals surface area contributed by atoms with Crippen molar-refractivity contribution in [1.29, 1.82) is 0 Å². The van der Waals surface area contributed by atoms with Crippen molar-refractivity contribution < 1.29 is 14.3 Å². The van der Waals surface area contributed by atoms with Crippen LogP contribution in [0.15, 0.2) is 48.8 Å². The number of rotatable bonds is 7. The lowest BCUT2D eigenvalue weighted by molar-refractivity contribution is -0.121. The number of aryl methyl sites for hydroxylation is 1. The van der Waals surface area contributed by atoms with Crippen LogP contribution in [0.1, 0.15) is 24.9 Å². The van der Waals surface area contributed by atoms with Gasteiger partial charge in [0.15, 0.2) is 0 Å². The van der Waals surface area contributed by atoms with E-state index in [1.807, 2.05) is 54.0 Å². The number of nitrogens with one attached hydrogen (secondary N) is 1. The summed E-state index contributed by atoms with van der Waals surface area (Å²) < 4.78 is 12.7. The fourth-order valence-electron chi connectivity index (χ4n) is 2.98. The number of hydrogen-bond acceptors (Lipinski definition) is 4. The Labute approximate surface area is 152 Å². The van der Waals surface area contributed by atoms with Gasteiger partial charge in [-0.2, -0.15) is 0 Å². The first kappa shape index (κ1) is 17.8. The number of para-hydroxylation sites is 2. The number of ether oxygens (including phenoxy) is 2. The molecule has 3 rings (SSSR count). The molecular formula is C20H23N3O3. The molecule has 0 radical (unpaired) electrons. The minimum Gasteiger partial charge on any atom is -0.497 e. The van der Waals surface area contributed by atoms with Crippen molar-refractivity contribution in [2.24, 2.45) is 0 Å². The Morgan fingerprint density at radius 3 is 2.77 bits per heavy atom. The molecule has 0 fully saturated rings. The Hall–Kier alpha value is -3.02. The molecule has 0 spiro atoms. The van der Waals surface area contributed by atoms with Crippen LogP contribution in [-0.2, 0) is 11.3 Å². The summed E-state index contributed by atoms with van der Waals surface area (Å²) in [5.74, 6) is 1.42. The van der Waals surface area contributed by atoms with Crippen molar-refractivity contribution in [3.05, 3.63) is 54.4 Å². The van der Waals surface area contributed by atoms with Gasteiger partial charge in [0.05, 0.1) is 37.6 Å². The molecule has 0 saturated heterocycles. The second kappa shape index (κ2) is 7.91. The van der Waals surface area contributed by atoms with Gasteiger partial charge in [-0.25, -0.2) is 4.98 Å². The van der Waals surface area contributed by atoms with Gasteiger partial charge < -0.3 is 19.4 Å². The van der Waals surface area contributed by atoms with Crippen molar-refractivity contribution in [3.63, 3.8) is 0 Å². The molecule has 1 aromatic heterocycles. The molecule has 1 heterocycles. The zero-order valence-electron chi connectivity index (χ0n) is 15.2. The highest BCUT2D eigenvalue weighted by Crippen LogP contribution is 2.29. The summed E-state index contributed by atoms with van der Waals surface area (Å²) in [6.45, 7) is 2.51. The number of carbonyl (C=O) groups is 1. The molecule has 136 valence electrons. The van der Waals surface area contributed by atoms with E-state index in [4.69, 9.17) is 9.47 Å². The highest BCUT2D eigenvalue weighted by molar-refractivity contribution is 5.78. The zero-order valence-corrected chi connectivity index (χ0v) is 15.2. The average molecular weight is 353 g/mol. The average Bonchev–Trinajstić information content (AvgIpc) is 3.09. The van der Waals surface area contributed by atoms with E-state index < -0.39 is 0 Å². The van der Waals surface area contributed by atoms with Gasteiger partial charge in [-0.1, -0.05) is 12.1 Å². The van der Waals surface area contributed by atoms with Gasteiger partial charge in [-0.15, -0.1) is 0 Å². The van der Waals surface area contributed by atoms with Gasteiger partial charge in [-0.3, -0.25) is 4.79 Å². The monoisotopic (exact) mass is 353 g/mol. The van der Waals surface area contributed by atoms with Crippen LogP contribution in [0.4, 0.5) is 0 Å². The molecule has 6 heteroatoms. The van der Waals surface area contributed by atoms with E-state index in [0.717, 1.165) is 28.1 Å². The van der Waals surface area contributed by atoms with E-state index in [1.165, 1.54) is 0 Å². The fraction of sp³-hybridized carbons (Fsp3) is 0.300. The predicted octanol–water partition coefficient (Wildman–Crippen LogP) is 3.32. The van der Waals surface area contributed by atoms with Crippen LogP contribution in [0.5, 0.6) is 11.5 Å². The van der Waals surface area contributed by atoms with Crippen LogP contribution in [-0.4, -0.2) is 29.7 Å². The smallest absolute Gasteiger partial charge is 0.222 e. The lowest BCUT2D eigenvalue weighted by Crippen LogP contribution is -2.27. The van der Waals surface area contributed by atoms with Crippen LogP contribution in [0, 0.1) is 0 Å². The number of imidazole rings is 1. The van der Waals surface area contributed by atoms with Crippen molar-refractivity contribution in [3.8, 4) is 11.5 Å². The van der Waals surface area contributed by atoms with Crippen LogP contribution in [0.3, 0.4) is 0 Å². The van der Waals surface area contributed by atoms with Gasteiger partial charge in [-0.05, 0) is 37.3 Å². The summed E-state index contributed by atoms with van der Waals surface area (Å²) in [7, 11) is 3.23. The van der Waals surface area contributed by atoms with Gasteiger partial charge >= 0.3 is 0 Å². The zero-order chi connectivity index (χ0) is 18.5. The Bertz CT molecular complexity index is 904. The fourth-order valence-corrected chi connectivity index (χ4v) is 2.98. The molecule has 0 saturated carbocycles. The maximum Gasteiger partial charge on any atom is 0.222 e. The third-order valence-corrected chi connectivity index (χ3v) is 4.39. The number of aromatic nitrogens is 2. The first-order valence-corrected chi connectivity index (χ1v) is 8.53. The minimum atomic E-state index is -0.188. The number of amides is 1. The van der Waals surface area contributed by atoms with Gasteiger partial charge in [0, 0.05) is 18.5 Å². The molecular weight excluding hydrogens is 330 g/mol. The molecule has 0 bridgehead atoms. The summed E-state index contributed by atoms with van der Waals surface area (Å²) in [6.07, 6.45) is 2.14. The largest absolute Gasteiger partial charge is 0.497 e.